The quantitative estimate of drug-likeness (QED) is 0.705. The normalized spacial score (nSPS) is 12.5. The van der Waals surface area contributed by atoms with E-state index in [4.69, 9.17) is 0 Å². The molecule has 0 fully saturated rings. The van der Waals surface area contributed by atoms with Crippen LogP contribution in [0.3, 0.4) is 0 Å². The number of nitrogens with zero attached hydrogens (tertiary/aromatic N) is 2. The Kier molecular flexibility index (Phi) is 5.06. The molecule has 4 nitrogen and oxygen atoms in total. The largest absolute Gasteiger partial charge is 0.306 e. The monoisotopic (exact) mass is 320 g/mol. The Morgan fingerprint density at radius 2 is 1.75 bits per heavy atom. The Hall–Kier alpha value is -2.46. The number of nitrogens with one attached hydrogen (secondary N) is 2. The van der Waals surface area contributed by atoms with Crippen LogP contribution in [-0.2, 0) is 6.54 Å². The number of aromatic nitrogens is 3. The molecule has 2 aromatic heterocycles. The van der Waals surface area contributed by atoms with Crippen molar-refractivity contribution < 1.29 is 0 Å². The van der Waals surface area contributed by atoms with Gasteiger partial charge >= 0.3 is 0 Å². The second-order valence-corrected chi connectivity index (χ2v) is 6.44. The van der Waals surface area contributed by atoms with E-state index in [1.807, 2.05) is 24.5 Å². The van der Waals surface area contributed by atoms with Crippen LogP contribution in [0.4, 0.5) is 0 Å². The number of H-pyrrole nitrogens is 1. The number of pyridine rings is 1. The molecule has 0 spiro atoms. The Bertz CT molecular complexity index is 760. The Balaban J connectivity index is 1.67. The number of aromatic amines is 1. The molecule has 0 radical (unpaired) electrons. The van der Waals surface area contributed by atoms with Crippen LogP contribution in [0, 0.1) is 0 Å². The summed E-state index contributed by atoms with van der Waals surface area (Å²) in [7, 11) is 0. The lowest BCUT2D eigenvalue weighted by molar-refractivity contribution is 0.575. The molecule has 1 aromatic carbocycles. The van der Waals surface area contributed by atoms with Crippen LogP contribution < -0.4 is 5.32 Å². The van der Waals surface area contributed by atoms with E-state index in [0.29, 0.717) is 5.92 Å². The second-order valence-electron chi connectivity index (χ2n) is 6.44. The minimum absolute atomic E-state index is 0.280. The maximum Gasteiger partial charge on any atom is 0.0710 e. The predicted molar refractivity (Wildman–Crippen MR) is 97.6 cm³/mol. The van der Waals surface area contributed by atoms with Gasteiger partial charge in [-0.2, -0.15) is 5.10 Å². The fourth-order valence-electron chi connectivity index (χ4n) is 2.76. The Morgan fingerprint density at radius 3 is 2.42 bits per heavy atom. The number of rotatable bonds is 6. The number of hydrogen-bond donors (Lipinski definition) is 2. The SMILES string of the molecule is CC(C)c1ccc([C@H](C)NCc2cn[nH]c2-c2cccnc2)cc1. The molecule has 0 saturated carbocycles. The molecule has 3 rings (SSSR count). The summed E-state index contributed by atoms with van der Waals surface area (Å²) in [5, 5.41) is 10.8. The molecule has 3 aromatic rings. The van der Waals surface area contributed by atoms with Crippen LogP contribution in [0.15, 0.2) is 55.0 Å². The first-order valence-corrected chi connectivity index (χ1v) is 8.41. The van der Waals surface area contributed by atoms with E-state index in [0.717, 1.165) is 23.4 Å². The van der Waals surface area contributed by atoms with Gasteiger partial charge in [-0.1, -0.05) is 38.1 Å². The van der Waals surface area contributed by atoms with E-state index in [2.05, 4.69) is 65.5 Å². The highest BCUT2D eigenvalue weighted by atomic mass is 15.1. The van der Waals surface area contributed by atoms with E-state index >= 15 is 0 Å². The van der Waals surface area contributed by atoms with Gasteiger partial charge in [0.25, 0.3) is 0 Å². The molecule has 0 unspecified atom stereocenters. The summed E-state index contributed by atoms with van der Waals surface area (Å²) in [4.78, 5) is 4.18. The lowest BCUT2D eigenvalue weighted by atomic mass is 9.99. The standard InChI is InChI=1S/C20H24N4/c1-14(2)16-6-8-17(9-7-16)15(3)22-12-19-13-23-24-20(19)18-5-4-10-21-11-18/h4-11,13-15,22H,12H2,1-3H3,(H,23,24)/t15-/m0/s1. The minimum Gasteiger partial charge on any atom is -0.306 e. The molecule has 0 aliphatic heterocycles. The van der Waals surface area contributed by atoms with Gasteiger partial charge in [0.15, 0.2) is 0 Å². The van der Waals surface area contributed by atoms with Gasteiger partial charge in [-0.15, -0.1) is 0 Å². The summed E-state index contributed by atoms with van der Waals surface area (Å²) in [6.07, 6.45) is 5.51. The number of hydrogen-bond acceptors (Lipinski definition) is 3. The lowest BCUT2D eigenvalue weighted by Crippen LogP contribution is -2.18. The molecule has 4 heteroatoms. The van der Waals surface area contributed by atoms with Gasteiger partial charge in [0.05, 0.1) is 11.9 Å². The third-order valence-electron chi connectivity index (χ3n) is 4.37. The molecule has 0 amide bonds. The molecule has 2 heterocycles. The van der Waals surface area contributed by atoms with Gasteiger partial charge in [0.2, 0.25) is 0 Å². The topological polar surface area (TPSA) is 53.6 Å². The molecule has 1 atom stereocenters. The van der Waals surface area contributed by atoms with Crippen LogP contribution in [-0.4, -0.2) is 15.2 Å². The fourth-order valence-corrected chi connectivity index (χ4v) is 2.76. The van der Waals surface area contributed by atoms with Crippen molar-refractivity contribution in [3.63, 3.8) is 0 Å². The van der Waals surface area contributed by atoms with Crippen molar-refractivity contribution in [2.45, 2.75) is 39.3 Å². The smallest absolute Gasteiger partial charge is 0.0710 e. The zero-order chi connectivity index (χ0) is 16.9. The van der Waals surface area contributed by atoms with Gasteiger partial charge in [-0.25, -0.2) is 0 Å². The van der Waals surface area contributed by atoms with Gasteiger partial charge < -0.3 is 5.32 Å². The Morgan fingerprint density at radius 1 is 1.00 bits per heavy atom. The van der Waals surface area contributed by atoms with Gasteiger partial charge in [-0.05, 0) is 36.1 Å². The molecular formula is C20H24N4. The molecule has 124 valence electrons. The zero-order valence-corrected chi connectivity index (χ0v) is 14.5. The average Bonchev–Trinajstić information content (AvgIpc) is 3.09. The highest BCUT2D eigenvalue weighted by Gasteiger charge is 2.10. The van der Waals surface area contributed by atoms with E-state index in [9.17, 15) is 0 Å². The third kappa shape index (κ3) is 3.71. The predicted octanol–water partition coefficient (Wildman–Crippen LogP) is 4.45. The van der Waals surface area contributed by atoms with E-state index in [1.165, 1.54) is 11.1 Å². The van der Waals surface area contributed by atoms with Crippen molar-refractivity contribution in [3.05, 3.63) is 71.7 Å². The minimum atomic E-state index is 0.280. The zero-order valence-electron chi connectivity index (χ0n) is 14.5. The van der Waals surface area contributed by atoms with Crippen LogP contribution in [0.25, 0.3) is 11.3 Å². The maximum absolute atomic E-state index is 4.19. The first-order chi connectivity index (χ1) is 11.6. The van der Waals surface area contributed by atoms with Crippen molar-refractivity contribution in [2.75, 3.05) is 0 Å². The molecule has 2 N–H and O–H groups in total. The van der Waals surface area contributed by atoms with Crippen molar-refractivity contribution in [2.24, 2.45) is 0 Å². The molecule has 0 bridgehead atoms. The lowest BCUT2D eigenvalue weighted by Gasteiger charge is -2.15. The number of benzene rings is 1. The highest BCUT2D eigenvalue weighted by Crippen LogP contribution is 2.22. The summed E-state index contributed by atoms with van der Waals surface area (Å²) < 4.78 is 0. The van der Waals surface area contributed by atoms with Crippen LogP contribution in [0.5, 0.6) is 0 Å². The van der Waals surface area contributed by atoms with Gasteiger partial charge in [-0.3, -0.25) is 10.1 Å². The summed E-state index contributed by atoms with van der Waals surface area (Å²) >= 11 is 0. The summed E-state index contributed by atoms with van der Waals surface area (Å²) in [6.45, 7) is 7.38. The summed E-state index contributed by atoms with van der Waals surface area (Å²) in [6, 6.07) is 13.1. The van der Waals surface area contributed by atoms with E-state index < -0.39 is 0 Å². The van der Waals surface area contributed by atoms with E-state index in [-0.39, 0.29) is 6.04 Å². The van der Waals surface area contributed by atoms with Crippen LogP contribution in [0.1, 0.15) is 49.4 Å². The average molecular weight is 320 g/mol. The molecule has 0 aliphatic carbocycles. The van der Waals surface area contributed by atoms with Crippen molar-refractivity contribution >= 4 is 0 Å². The summed E-state index contributed by atoms with van der Waals surface area (Å²) in [5.41, 5.74) is 5.90. The molecule has 0 aliphatic rings. The molecule has 0 saturated heterocycles. The first kappa shape index (κ1) is 16.4. The van der Waals surface area contributed by atoms with E-state index in [1.54, 1.807) is 6.20 Å². The van der Waals surface area contributed by atoms with Crippen molar-refractivity contribution in [3.8, 4) is 11.3 Å². The molecule has 24 heavy (non-hydrogen) atoms. The first-order valence-electron chi connectivity index (χ1n) is 8.41. The van der Waals surface area contributed by atoms with Crippen LogP contribution >= 0.6 is 0 Å². The molecular weight excluding hydrogens is 296 g/mol. The third-order valence-corrected chi connectivity index (χ3v) is 4.37. The van der Waals surface area contributed by atoms with Crippen LogP contribution in [0.2, 0.25) is 0 Å². The van der Waals surface area contributed by atoms with Gasteiger partial charge in [0.1, 0.15) is 0 Å². The second kappa shape index (κ2) is 7.41. The van der Waals surface area contributed by atoms with Gasteiger partial charge in [0, 0.05) is 36.1 Å². The van der Waals surface area contributed by atoms with Crippen molar-refractivity contribution in [1.82, 2.24) is 20.5 Å². The fraction of sp³-hybridized carbons (Fsp3) is 0.300. The maximum atomic E-state index is 4.19. The summed E-state index contributed by atoms with van der Waals surface area (Å²) in [5.74, 6) is 0.565. The van der Waals surface area contributed by atoms with Crippen molar-refractivity contribution in [1.29, 1.82) is 0 Å². The Labute approximate surface area is 143 Å². The highest BCUT2D eigenvalue weighted by molar-refractivity contribution is 5.61.